The highest BCUT2D eigenvalue weighted by Gasteiger charge is 2.23. The van der Waals surface area contributed by atoms with Crippen molar-refractivity contribution in [3.8, 4) is 5.75 Å². The number of nitrogens with one attached hydrogen (secondary N) is 3. The Hall–Kier alpha value is -2.45. The van der Waals surface area contributed by atoms with E-state index in [-0.39, 0.29) is 11.8 Å². The Balaban J connectivity index is 1.50. The van der Waals surface area contributed by atoms with Crippen molar-refractivity contribution >= 4 is 11.6 Å². The molecule has 0 spiro atoms. The lowest BCUT2D eigenvalue weighted by atomic mass is 10.1. The van der Waals surface area contributed by atoms with E-state index in [4.69, 9.17) is 9.47 Å². The van der Waals surface area contributed by atoms with Crippen molar-refractivity contribution in [3.63, 3.8) is 0 Å². The van der Waals surface area contributed by atoms with Gasteiger partial charge < -0.3 is 20.1 Å². The maximum Gasteiger partial charge on any atom is 0.276 e. The maximum atomic E-state index is 13.7. The van der Waals surface area contributed by atoms with Crippen LogP contribution < -0.4 is 15.4 Å². The molecular formula is C18H21FN4O3. The summed E-state index contributed by atoms with van der Waals surface area (Å²) in [4.78, 5) is 12.6. The number of nitrogens with zero attached hydrogens (tertiary/aromatic N) is 1. The molecule has 1 aromatic heterocycles. The minimum absolute atomic E-state index is 0.0352. The molecule has 1 fully saturated rings. The number of hydrogen-bond donors (Lipinski definition) is 3. The normalized spacial score (nSPS) is 19.2. The fourth-order valence-corrected chi connectivity index (χ4v) is 3.28. The Morgan fingerprint density at radius 3 is 3.23 bits per heavy atom. The number of aromatic amines is 1. The van der Waals surface area contributed by atoms with Crippen LogP contribution in [0.5, 0.6) is 5.75 Å². The zero-order valence-corrected chi connectivity index (χ0v) is 14.3. The standard InChI is InChI=1S/C18H21FN4O3/c19-11-3-4-16(26-10-12-2-1-7-25-12)15(8-11)21-18(24)17-13-9-20-6-5-14(13)22-23-17/h3-4,8,12,20H,1-2,5-7,9-10H2,(H,21,24)(H,22,23). The van der Waals surface area contributed by atoms with Gasteiger partial charge in [0.2, 0.25) is 0 Å². The highest BCUT2D eigenvalue weighted by molar-refractivity contribution is 6.04. The predicted molar refractivity (Wildman–Crippen MR) is 92.8 cm³/mol. The molecule has 8 heteroatoms. The van der Waals surface area contributed by atoms with E-state index in [1.807, 2.05) is 0 Å². The molecule has 7 nitrogen and oxygen atoms in total. The monoisotopic (exact) mass is 360 g/mol. The summed E-state index contributed by atoms with van der Waals surface area (Å²) in [6.07, 6.45) is 2.79. The van der Waals surface area contributed by atoms with Gasteiger partial charge in [-0.05, 0) is 25.0 Å². The summed E-state index contributed by atoms with van der Waals surface area (Å²) >= 11 is 0. The van der Waals surface area contributed by atoms with Gasteiger partial charge in [-0.15, -0.1) is 0 Å². The smallest absolute Gasteiger partial charge is 0.276 e. The quantitative estimate of drug-likeness (QED) is 0.759. The first-order chi connectivity index (χ1) is 12.7. The van der Waals surface area contributed by atoms with Crippen molar-refractivity contribution in [2.75, 3.05) is 25.1 Å². The van der Waals surface area contributed by atoms with Crippen LogP contribution in [0.4, 0.5) is 10.1 Å². The van der Waals surface area contributed by atoms with Crippen molar-refractivity contribution in [1.82, 2.24) is 15.5 Å². The van der Waals surface area contributed by atoms with E-state index >= 15 is 0 Å². The second kappa shape index (κ2) is 7.43. The number of halogens is 1. The first kappa shape index (κ1) is 17.0. The number of benzene rings is 1. The number of carbonyl (C=O) groups is 1. The molecule has 1 aromatic carbocycles. The van der Waals surface area contributed by atoms with Gasteiger partial charge in [0.25, 0.3) is 5.91 Å². The summed E-state index contributed by atoms with van der Waals surface area (Å²) in [7, 11) is 0. The van der Waals surface area contributed by atoms with Crippen LogP contribution in [0.1, 0.15) is 34.6 Å². The van der Waals surface area contributed by atoms with Crippen molar-refractivity contribution in [1.29, 1.82) is 0 Å². The Bertz CT molecular complexity index is 802. The number of carbonyl (C=O) groups excluding carboxylic acids is 1. The van der Waals surface area contributed by atoms with Crippen molar-refractivity contribution in [2.45, 2.75) is 31.9 Å². The summed E-state index contributed by atoms with van der Waals surface area (Å²) in [5, 5.41) is 13.0. The number of aromatic nitrogens is 2. The van der Waals surface area contributed by atoms with Gasteiger partial charge in [-0.3, -0.25) is 9.89 Å². The van der Waals surface area contributed by atoms with Crippen LogP contribution in [0.25, 0.3) is 0 Å². The van der Waals surface area contributed by atoms with Crippen LogP contribution in [0.2, 0.25) is 0 Å². The SMILES string of the molecule is O=C(Nc1cc(F)ccc1OCC1CCCO1)c1n[nH]c2c1CNCC2. The Morgan fingerprint density at radius 2 is 2.38 bits per heavy atom. The van der Waals surface area contributed by atoms with Crippen LogP contribution in [0.3, 0.4) is 0 Å². The third-order valence-electron chi connectivity index (χ3n) is 4.66. The molecule has 1 saturated heterocycles. The number of anilines is 1. The molecule has 0 bridgehead atoms. The molecule has 3 N–H and O–H groups in total. The van der Waals surface area contributed by atoms with Crippen LogP contribution in [0, 0.1) is 5.82 Å². The lowest BCUT2D eigenvalue weighted by molar-refractivity contribution is 0.0681. The molecule has 26 heavy (non-hydrogen) atoms. The molecule has 0 saturated carbocycles. The lowest BCUT2D eigenvalue weighted by Gasteiger charge is -2.16. The zero-order valence-electron chi connectivity index (χ0n) is 14.3. The zero-order chi connectivity index (χ0) is 17.9. The molecular weight excluding hydrogens is 339 g/mol. The van der Waals surface area contributed by atoms with E-state index in [9.17, 15) is 9.18 Å². The molecule has 1 unspecified atom stereocenters. The molecule has 2 aliphatic heterocycles. The third kappa shape index (κ3) is 3.56. The van der Waals surface area contributed by atoms with Gasteiger partial charge in [-0.1, -0.05) is 0 Å². The predicted octanol–water partition coefficient (Wildman–Crippen LogP) is 2.00. The number of ether oxygens (including phenoxy) is 2. The second-order valence-corrected chi connectivity index (χ2v) is 6.50. The number of fused-ring (bicyclic) bond motifs is 1. The Labute approximate surface area is 150 Å². The third-order valence-corrected chi connectivity index (χ3v) is 4.66. The van der Waals surface area contributed by atoms with Crippen LogP contribution in [-0.2, 0) is 17.7 Å². The Kier molecular flexibility index (Phi) is 4.85. The first-order valence-electron chi connectivity index (χ1n) is 8.83. The fourth-order valence-electron chi connectivity index (χ4n) is 3.28. The van der Waals surface area contributed by atoms with Gasteiger partial charge in [0, 0.05) is 43.4 Å². The van der Waals surface area contributed by atoms with E-state index in [2.05, 4.69) is 20.8 Å². The molecule has 3 heterocycles. The van der Waals surface area contributed by atoms with Gasteiger partial charge in [0.15, 0.2) is 5.69 Å². The molecule has 2 aliphatic rings. The number of rotatable bonds is 5. The van der Waals surface area contributed by atoms with E-state index in [0.717, 1.165) is 43.7 Å². The van der Waals surface area contributed by atoms with E-state index in [1.165, 1.54) is 18.2 Å². The molecule has 2 aromatic rings. The topological polar surface area (TPSA) is 88.3 Å². The van der Waals surface area contributed by atoms with Crippen LogP contribution >= 0.6 is 0 Å². The highest BCUT2D eigenvalue weighted by Crippen LogP contribution is 2.27. The van der Waals surface area contributed by atoms with Crippen molar-refractivity contribution in [3.05, 3.63) is 41.0 Å². The second-order valence-electron chi connectivity index (χ2n) is 6.50. The van der Waals surface area contributed by atoms with Crippen LogP contribution in [0.15, 0.2) is 18.2 Å². The summed E-state index contributed by atoms with van der Waals surface area (Å²) < 4.78 is 25.0. The maximum absolute atomic E-state index is 13.7. The average Bonchev–Trinajstić information content (AvgIpc) is 3.30. The van der Waals surface area contributed by atoms with E-state index in [0.29, 0.717) is 24.6 Å². The molecule has 138 valence electrons. The largest absolute Gasteiger partial charge is 0.489 e. The van der Waals surface area contributed by atoms with Crippen molar-refractivity contribution in [2.24, 2.45) is 0 Å². The molecule has 4 rings (SSSR count). The first-order valence-corrected chi connectivity index (χ1v) is 8.83. The lowest BCUT2D eigenvalue weighted by Crippen LogP contribution is -2.25. The van der Waals surface area contributed by atoms with Gasteiger partial charge in [-0.25, -0.2) is 4.39 Å². The fraction of sp³-hybridized carbons (Fsp3) is 0.444. The van der Waals surface area contributed by atoms with Gasteiger partial charge >= 0.3 is 0 Å². The summed E-state index contributed by atoms with van der Waals surface area (Å²) in [5.74, 6) is -0.424. The van der Waals surface area contributed by atoms with Gasteiger partial charge in [0.1, 0.15) is 18.2 Å². The van der Waals surface area contributed by atoms with Gasteiger partial charge in [-0.2, -0.15) is 5.10 Å². The number of amides is 1. The molecule has 0 aliphatic carbocycles. The number of hydrogen-bond acceptors (Lipinski definition) is 5. The summed E-state index contributed by atoms with van der Waals surface area (Å²) in [5.41, 5.74) is 2.42. The highest BCUT2D eigenvalue weighted by atomic mass is 19.1. The summed E-state index contributed by atoms with van der Waals surface area (Å²) in [6.45, 7) is 2.54. The van der Waals surface area contributed by atoms with E-state index < -0.39 is 11.7 Å². The van der Waals surface area contributed by atoms with Crippen LogP contribution in [-0.4, -0.2) is 42.0 Å². The minimum Gasteiger partial charge on any atom is -0.489 e. The van der Waals surface area contributed by atoms with Crippen molar-refractivity contribution < 1.29 is 18.7 Å². The minimum atomic E-state index is -0.449. The molecule has 1 atom stereocenters. The van der Waals surface area contributed by atoms with E-state index in [1.54, 1.807) is 0 Å². The van der Waals surface area contributed by atoms with Gasteiger partial charge in [0.05, 0.1) is 11.8 Å². The molecule has 1 amide bonds. The molecule has 0 radical (unpaired) electrons. The average molecular weight is 360 g/mol. The Morgan fingerprint density at radius 1 is 1.46 bits per heavy atom. The number of H-pyrrole nitrogens is 1. The summed E-state index contributed by atoms with van der Waals surface area (Å²) in [6, 6.07) is 4.07.